The summed E-state index contributed by atoms with van der Waals surface area (Å²) in [7, 11) is -1.74. The fourth-order valence-corrected chi connectivity index (χ4v) is 4.22. The standard InChI is InChI=1S/C17H23N3O3S/c1-19(12-13-8-4-3-5-9-13)16(21)15-14-10-6-7-11-20(14)17(18-15)24(2,22)23/h6-7,10-11,13H,3-5,8-9,12H2,1-2H3. The van der Waals surface area contributed by atoms with Gasteiger partial charge in [0.15, 0.2) is 5.69 Å². The average Bonchev–Trinajstić information content (AvgIpc) is 2.95. The Morgan fingerprint density at radius 3 is 2.67 bits per heavy atom. The van der Waals surface area contributed by atoms with Gasteiger partial charge in [0.1, 0.15) is 0 Å². The molecule has 2 heterocycles. The Bertz CT molecular complexity index is 851. The van der Waals surface area contributed by atoms with E-state index in [0.29, 0.717) is 18.0 Å². The van der Waals surface area contributed by atoms with Crippen molar-refractivity contribution in [2.75, 3.05) is 19.8 Å². The second-order valence-electron chi connectivity index (χ2n) is 6.66. The normalized spacial score (nSPS) is 16.4. The molecule has 24 heavy (non-hydrogen) atoms. The van der Waals surface area contributed by atoms with Gasteiger partial charge in [-0.15, -0.1) is 0 Å². The van der Waals surface area contributed by atoms with Gasteiger partial charge in [-0.25, -0.2) is 13.4 Å². The van der Waals surface area contributed by atoms with Crippen LogP contribution >= 0.6 is 0 Å². The molecule has 0 spiro atoms. The van der Waals surface area contributed by atoms with E-state index in [1.54, 1.807) is 36.3 Å². The quantitative estimate of drug-likeness (QED) is 0.850. The number of carbonyl (C=O) groups excluding carboxylic acids is 1. The Hall–Kier alpha value is -1.89. The summed E-state index contributed by atoms with van der Waals surface area (Å²) in [5.74, 6) is 0.301. The predicted octanol–water partition coefficient (Wildman–Crippen LogP) is 2.39. The summed E-state index contributed by atoms with van der Waals surface area (Å²) >= 11 is 0. The highest BCUT2D eigenvalue weighted by atomic mass is 32.2. The molecule has 0 N–H and O–H groups in total. The molecule has 1 aliphatic carbocycles. The molecule has 1 aliphatic rings. The van der Waals surface area contributed by atoms with Gasteiger partial charge in [-0.2, -0.15) is 0 Å². The molecule has 130 valence electrons. The maximum atomic E-state index is 12.8. The van der Waals surface area contributed by atoms with E-state index in [2.05, 4.69) is 4.98 Å². The lowest BCUT2D eigenvalue weighted by atomic mass is 9.89. The van der Waals surface area contributed by atoms with Crippen LogP contribution in [0.4, 0.5) is 0 Å². The average molecular weight is 349 g/mol. The number of hydrogen-bond acceptors (Lipinski definition) is 4. The van der Waals surface area contributed by atoms with Gasteiger partial charge in [-0.3, -0.25) is 9.20 Å². The third kappa shape index (κ3) is 3.31. The molecule has 3 rings (SSSR count). The molecule has 0 radical (unpaired) electrons. The molecule has 0 unspecified atom stereocenters. The molecular weight excluding hydrogens is 326 g/mol. The van der Waals surface area contributed by atoms with E-state index in [0.717, 1.165) is 19.1 Å². The second kappa shape index (κ2) is 6.55. The molecule has 1 fully saturated rings. The summed E-state index contributed by atoms with van der Waals surface area (Å²) in [6, 6.07) is 5.23. The fourth-order valence-electron chi connectivity index (χ4n) is 3.45. The van der Waals surface area contributed by atoms with E-state index in [1.165, 1.54) is 23.7 Å². The van der Waals surface area contributed by atoms with Crippen molar-refractivity contribution >= 4 is 21.3 Å². The van der Waals surface area contributed by atoms with E-state index in [-0.39, 0.29) is 16.8 Å². The molecule has 2 aromatic rings. The maximum absolute atomic E-state index is 12.8. The van der Waals surface area contributed by atoms with Crippen LogP contribution in [-0.2, 0) is 9.84 Å². The van der Waals surface area contributed by atoms with Crippen LogP contribution in [-0.4, -0.2) is 48.5 Å². The van der Waals surface area contributed by atoms with Crippen LogP contribution in [0.2, 0.25) is 0 Å². The summed E-state index contributed by atoms with van der Waals surface area (Å²) in [6.07, 6.45) is 8.74. The van der Waals surface area contributed by atoms with Gasteiger partial charge >= 0.3 is 0 Å². The van der Waals surface area contributed by atoms with Gasteiger partial charge in [-0.05, 0) is 30.9 Å². The molecule has 0 aromatic carbocycles. The molecule has 0 atom stereocenters. The number of sulfone groups is 1. The van der Waals surface area contributed by atoms with Gasteiger partial charge in [0.2, 0.25) is 15.0 Å². The van der Waals surface area contributed by atoms with Crippen LogP contribution in [0.3, 0.4) is 0 Å². The largest absolute Gasteiger partial charge is 0.340 e. The molecule has 0 bridgehead atoms. The number of pyridine rings is 1. The van der Waals surface area contributed by atoms with Crippen LogP contribution in [0.25, 0.3) is 5.52 Å². The SMILES string of the molecule is CN(CC1CCCCC1)C(=O)c1nc(S(C)(=O)=O)n2ccccc12. The van der Waals surface area contributed by atoms with Crippen molar-refractivity contribution in [2.45, 2.75) is 37.3 Å². The van der Waals surface area contributed by atoms with Gasteiger partial charge < -0.3 is 4.90 Å². The Balaban J connectivity index is 1.92. The highest BCUT2D eigenvalue weighted by Gasteiger charge is 2.26. The lowest BCUT2D eigenvalue weighted by Gasteiger charge is -2.26. The minimum atomic E-state index is -3.51. The van der Waals surface area contributed by atoms with E-state index >= 15 is 0 Å². The zero-order chi connectivity index (χ0) is 17.3. The molecule has 1 saturated carbocycles. The molecule has 6 nitrogen and oxygen atoms in total. The molecule has 2 aromatic heterocycles. The number of nitrogens with zero attached hydrogens (tertiary/aromatic N) is 3. The zero-order valence-corrected chi connectivity index (χ0v) is 14.9. The van der Waals surface area contributed by atoms with Crippen LogP contribution in [0, 0.1) is 5.92 Å². The summed E-state index contributed by atoms with van der Waals surface area (Å²) in [5, 5.41) is -0.0903. The maximum Gasteiger partial charge on any atom is 0.274 e. The van der Waals surface area contributed by atoms with Crippen molar-refractivity contribution in [3.63, 3.8) is 0 Å². The third-order valence-corrected chi connectivity index (χ3v) is 5.61. The first-order valence-corrected chi connectivity index (χ1v) is 10.2. The Kier molecular flexibility index (Phi) is 4.62. The fraction of sp³-hybridized carbons (Fsp3) is 0.529. The smallest absolute Gasteiger partial charge is 0.274 e. The minimum Gasteiger partial charge on any atom is -0.340 e. The van der Waals surface area contributed by atoms with Gasteiger partial charge in [0.25, 0.3) is 5.91 Å². The number of carbonyl (C=O) groups is 1. The molecule has 1 amide bonds. The summed E-state index contributed by atoms with van der Waals surface area (Å²) in [4.78, 5) is 18.7. The third-order valence-electron chi connectivity index (χ3n) is 4.65. The van der Waals surface area contributed by atoms with Crippen molar-refractivity contribution in [3.8, 4) is 0 Å². The highest BCUT2D eigenvalue weighted by Crippen LogP contribution is 2.25. The van der Waals surface area contributed by atoms with Crippen LogP contribution in [0.15, 0.2) is 29.6 Å². The lowest BCUT2D eigenvalue weighted by molar-refractivity contribution is 0.0757. The lowest BCUT2D eigenvalue weighted by Crippen LogP contribution is -2.33. The first-order chi connectivity index (χ1) is 11.4. The molecule has 0 saturated heterocycles. The Morgan fingerprint density at radius 1 is 1.29 bits per heavy atom. The van der Waals surface area contributed by atoms with Crippen molar-refractivity contribution in [3.05, 3.63) is 30.1 Å². The van der Waals surface area contributed by atoms with Crippen molar-refractivity contribution < 1.29 is 13.2 Å². The summed E-state index contributed by atoms with van der Waals surface area (Å²) < 4.78 is 25.4. The number of aromatic nitrogens is 2. The Labute approximate surface area is 142 Å². The van der Waals surface area contributed by atoms with E-state index < -0.39 is 9.84 Å². The van der Waals surface area contributed by atoms with Crippen molar-refractivity contribution in [2.24, 2.45) is 5.92 Å². The van der Waals surface area contributed by atoms with Gasteiger partial charge in [-0.1, -0.05) is 25.3 Å². The van der Waals surface area contributed by atoms with Crippen molar-refractivity contribution in [1.82, 2.24) is 14.3 Å². The zero-order valence-electron chi connectivity index (χ0n) is 14.1. The second-order valence-corrected chi connectivity index (χ2v) is 8.57. The first kappa shape index (κ1) is 17.0. The number of rotatable bonds is 4. The molecule has 0 aliphatic heterocycles. The highest BCUT2D eigenvalue weighted by molar-refractivity contribution is 7.90. The van der Waals surface area contributed by atoms with E-state index in [1.807, 2.05) is 0 Å². The molecule has 7 heteroatoms. The number of imidazole rings is 1. The first-order valence-electron chi connectivity index (χ1n) is 8.30. The van der Waals surface area contributed by atoms with E-state index in [4.69, 9.17) is 0 Å². The van der Waals surface area contributed by atoms with Gasteiger partial charge in [0.05, 0.1) is 5.52 Å². The predicted molar refractivity (Wildman–Crippen MR) is 91.8 cm³/mol. The van der Waals surface area contributed by atoms with Crippen LogP contribution < -0.4 is 0 Å². The molecular formula is C17H23N3O3S. The van der Waals surface area contributed by atoms with Crippen molar-refractivity contribution in [1.29, 1.82) is 0 Å². The number of amides is 1. The van der Waals surface area contributed by atoms with E-state index in [9.17, 15) is 13.2 Å². The minimum absolute atomic E-state index is 0.0903. The van der Waals surface area contributed by atoms with Crippen LogP contribution in [0.1, 0.15) is 42.6 Å². The number of hydrogen-bond donors (Lipinski definition) is 0. The number of fused-ring (bicyclic) bond motifs is 1. The van der Waals surface area contributed by atoms with Crippen LogP contribution in [0.5, 0.6) is 0 Å². The summed E-state index contributed by atoms with van der Waals surface area (Å²) in [5.41, 5.74) is 0.729. The van der Waals surface area contributed by atoms with Gasteiger partial charge in [0, 0.05) is 26.0 Å². The summed E-state index contributed by atoms with van der Waals surface area (Å²) in [6.45, 7) is 0.693. The topological polar surface area (TPSA) is 71.8 Å². The Morgan fingerprint density at radius 2 is 2.00 bits per heavy atom. The monoisotopic (exact) mass is 349 g/mol.